The van der Waals surface area contributed by atoms with Gasteiger partial charge in [-0.3, -0.25) is 9.59 Å². The molecular formula is C32H50BN5O7. The van der Waals surface area contributed by atoms with Crippen molar-refractivity contribution in [2.75, 3.05) is 13.2 Å². The van der Waals surface area contributed by atoms with Crippen LogP contribution in [0.3, 0.4) is 0 Å². The molecule has 5 rings (SSSR count). The molecule has 1 aliphatic heterocycles. The van der Waals surface area contributed by atoms with E-state index < -0.39 is 23.7 Å². The first-order valence-electron chi connectivity index (χ1n) is 16.3. The van der Waals surface area contributed by atoms with Crippen LogP contribution in [-0.2, 0) is 25.3 Å². The zero-order valence-corrected chi connectivity index (χ0v) is 27.5. The van der Waals surface area contributed by atoms with Gasteiger partial charge in [0.15, 0.2) is 10.8 Å². The second kappa shape index (κ2) is 14.5. The van der Waals surface area contributed by atoms with Gasteiger partial charge in [0.2, 0.25) is 5.91 Å². The Bertz CT molecular complexity index is 1240. The number of carbonyl (C=O) groups excluding carboxylic acids is 2. The Kier molecular flexibility index (Phi) is 11.2. The van der Waals surface area contributed by atoms with Crippen LogP contribution in [0.25, 0.3) is 0 Å². The summed E-state index contributed by atoms with van der Waals surface area (Å²) in [5, 5.41) is 13.0. The van der Waals surface area contributed by atoms with E-state index in [9.17, 15) is 19.7 Å². The number of Topliss-reactive ketones (excluding diaryl/α,β-unsaturated/α-hetero) is 1. The number of aliphatic imine (C=N–C) groups is 1. The molecule has 1 saturated heterocycles. The maximum Gasteiger partial charge on any atom is 0.481 e. The number of amides is 1. The van der Waals surface area contributed by atoms with Crippen LogP contribution in [0.5, 0.6) is 5.75 Å². The maximum absolute atomic E-state index is 13.8. The maximum atomic E-state index is 13.8. The van der Waals surface area contributed by atoms with Crippen molar-refractivity contribution in [3.8, 4) is 5.75 Å². The minimum absolute atomic E-state index is 0.0112. The summed E-state index contributed by atoms with van der Waals surface area (Å²) in [5.41, 5.74) is 8.31. The molecule has 3 aliphatic carbocycles. The summed E-state index contributed by atoms with van der Waals surface area (Å²) in [7, 11) is -0.579. The van der Waals surface area contributed by atoms with Crippen molar-refractivity contribution in [1.29, 1.82) is 0 Å². The van der Waals surface area contributed by atoms with E-state index in [2.05, 4.69) is 51.9 Å². The average molecular weight is 628 g/mol. The first-order chi connectivity index (χ1) is 21.2. The average Bonchev–Trinajstić information content (AvgIpc) is 3.34. The third kappa shape index (κ3) is 8.35. The molecule has 4 fully saturated rings. The van der Waals surface area contributed by atoms with E-state index in [4.69, 9.17) is 19.8 Å². The normalized spacial score (nSPS) is 26.4. The Morgan fingerprint density at radius 1 is 1.22 bits per heavy atom. The Balaban J connectivity index is 1.42. The second-order valence-electron chi connectivity index (χ2n) is 14.1. The lowest BCUT2D eigenvalue weighted by Crippen LogP contribution is -2.65. The fraction of sp³-hybridized carbons (Fsp3) is 0.719. The summed E-state index contributed by atoms with van der Waals surface area (Å²) in [6, 6.07) is 7.58. The van der Waals surface area contributed by atoms with Gasteiger partial charge in [-0.05, 0) is 86.3 Å². The molecule has 248 valence electrons. The van der Waals surface area contributed by atoms with Crippen LogP contribution in [0, 0.1) is 39.2 Å². The third-order valence-corrected chi connectivity index (χ3v) is 10.1. The van der Waals surface area contributed by atoms with Gasteiger partial charge < -0.3 is 25.1 Å². The number of hydrogen-bond donors (Lipinski definition) is 3. The van der Waals surface area contributed by atoms with Gasteiger partial charge in [0, 0.05) is 18.9 Å². The van der Waals surface area contributed by atoms with Gasteiger partial charge in [-0.1, -0.05) is 52.2 Å². The number of nitro groups is 1. The van der Waals surface area contributed by atoms with Crippen molar-refractivity contribution in [3.05, 3.63) is 39.9 Å². The predicted octanol–water partition coefficient (Wildman–Crippen LogP) is 3.88. The highest BCUT2D eigenvalue weighted by Gasteiger charge is 2.68. The summed E-state index contributed by atoms with van der Waals surface area (Å²) in [4.78, 5) is 41.5. The molecule has 0 unspecified atom stereocenters. The van der Waals surface area contributed by atoms with Crippen molar-refractivity contribution >= 4 is 24.8 Å². The van der Waals surface area contributed by atoms with Gasteiger partial charge in [-0.25, -0.2) is 15.1 Å². The van der Waals surface area contributed by atoms with E-state index in [-0.39, 0.29) is 60.6 Å². The number of rotatable bonds is 16. The molecule has 4 N–H and O–H groups in total. The van der Waals surface area contributed by atoms with Crippen molar-refractivity contribution in [3.63, 3.8) is 0 Å². The Labute approximate surface area is 266 Å². The Morgan fingerprint density at radius 2 is 1.93 bits per heavy atom. The molecule has 0 radical (unpaired) electrons. The molecule has 1 amide bonds. The quantitative estimate of drug-likeness (QED) is 0.0615. The largest absolute Gasteiger partial charge is 0.486 e. The predicted molar refractivity (Wildman–Crippen MR) is 172 cm³/mol. The monoisotopic (exact) mass is 627 g/mol. The highest BCUT2D eigenvalue weighted by Crippen LogP contribution is 2.65. The fourth-order valence-corrected chi connectivity index (χ4v) is 7.43. The van der Waals surface area contributed by atoms with Crippen LogP contribution in [0.2, 0.25) is 0 Å². The lowest BCUT2D eigenvalue weighted by atomic mass is 9.43. The van der Waals surface area contributed by atoms with E-state index >= 15 is 0 Å². The zero-order valence-electron chi connectivity index (χ0n) is 27.5. The van der Waals surface area contributed by atoms with Crippen molar-refractivity contribution < 1.29 is 28.7 Å². The smallest absolute Gasteiger partial charge is 0.481 e. The molecule has 0 spiro atoms. The van der Waals surface area contributed by atoms with E-state index in [0.717, 1.165) is 19.3 Å². The molecule has 12 nitrogen and oxygen atoms in total. The van der Waals surface area contributed by atoms with Crippen LogP contribution in [0.1, 0.15) is 85.6 Å². The first-order valence-corrected chi connectivity index (χ1v) is 16.3. The first kappa shape index (κ1) is 34.7. The minimum Gasteiger partial charge on any atom is -0.486 e. The number of hydrogen-bond acceptors (Lipinski definition) is 8. The van der Waals surface area contributed by atoms with Crippen molar-refractivity contribution in [2.45, 2.75) is 104 Å². The topological polar surface area (TPSA) is 167 Å². The lowest BCUT2D eigenvalue weighted by molar-refractivity contribution is -0.525. The summed E-state index contributed by atoms with van der Waals surface area (Å²) < 4.78 is 19.0. The highest BCUT2D eigenvalue weighted by molar-refractivity contribution is 6.47. The number of guanidine groups is 1. The van der Waals surface area contributed by atoms with Crippen molar-refractivity contribution in [1.82, 2.24) is 10.7 Å². The molecule has 45 heavy (non-hydrogen) atoms. The van der Waals surface area contributed by atoms with Gasteiger partial charge >= 0.3 is 7.12 Å². The van der Waals surface area contributed by atoms with E-state index in [0.29, 0.717) is 36.8 Å². The number of benzene rings is 1. The molecule has 1 aromatic rings. The standard InChI is InChI=1S/C32H50BN5O7/c1-7-21-10-12-25(13-11-21)43-19-24(39)16-22(9-8-14-35-30(34)37-38(41)42)29(40)36-28(15-20(2)3)33-44-27-18-23-17-26(31(23,4)5)32(27,6)45-33/h10-13,20,22-23,26-28H,7-9,14-19H2,1-6H3,(H,36,40)(H3,34,35,37)/t22-,23+,26+,27-,28+,32+/m1/s1. The third-order valence-electron chi connectivity index (χ3n) is 10.1. The molecular weight excluding hydrogens is 577 g/mol. The van der Waals surface area contributed by atoms with Crippen LogP contribution < -0.4 is 21.2 Å². The summed E-state index contributed by atoms with van der Waals surface area (Å²) in [5.74, 6) is 0.0308. The molecule has 4 aliphatic rings. The van der Waals surface area contributed by atoms with Crippen LogP contribution in [0.4, 0.5) is 0 Å². The van der Waals surface area contributed by atoms with Gasteiger partial charge in [0.05, 0.1) is 17.6 Å². The Hall–Kier alpha value is -3.19. The van der Waals surface area contributed by atoms with Crippen LogP contribution in [-0.4, -0.2) is 60.6 Å². The summed E-state index contributed by atoms with van der Waals surface area (Å²) >= 11 is 0. The summed E-state index contributed by atoms with van der Waals surface area (Å²) in [6.07, 6.45) is 4.34. The molecule has 13 heteroatoms. The molecule has 1 aromatic carbocycles. The highest BCUT2D eigenvalue weighted by atomic mass is 16.7. The number of nitrogens with two attached hydrogens (primary N) is 1. The number of carbonyl (C=O) groups is 2. The number of hydrazine groups is 1. The SMILES string of the molecule is CCc1ccc(OCC(=O)C[C@@H](CCCN=C(N)N[N+](=O)[O-])C(=O)N[C@@H](CC(C)C)B2O[C@@H]3C[C@@H]4C[C@@H](C4(C)C)[C@]3(C)O2)cc1. The van der Waals surface area contributed by atoms with E-state index in [1.165, 1.54) is 5.56 Å². The van der Waals surface area contributed by atoms with E-state index in [1.54, 1.807) is 0 Å². The van der Waals surface area contributed by atoms with Crippen molar-refractivity contribution in [2.24, 2.45) is 39.8 Å². The fourth-order valence-electron chi connectivity index (χ4n) is 7.43. The Morgan fingerprint density at radius 3 is 2.56 bits per heavy atom. The van der Waals surface area contributed by atoms with Crippen LogP contribution >= 0.6 is 0 Å². The van der Waals surface area contributed by atoms with Gasteiger partial charge in [-0.15, -0.1) is 0 Å². The molecule has 6 atom stereocenters. The minimum atomic E-state index is -0.785. The second-order valence-corrected chi connectivity index (χ2v) is 14.1. The number of ketones is 1. The molecule has 3 saturated carbocycles. The molecule has 2 bridgehead atoms. The number of ether oxygens (including phenoxy) is 1. The van der Waals surface area contributed by atoms with Gasteiger partial charge in [0.1, 0.15) is 12.4 Å². The van der Waals surface area contributed by atoms with E-state index in [1.807, 2.05) is 29.7 Å². The van der Waals surface area contributed by atoms with Gasteiger partial charge in [0.25, 0.3) is 5.96 Å². The lowest BCUT2D eigenvalue weighted by Gasteiger charge is -2.64. The number of nitrogens with zero attached hydrogens (tertiary/aromatic N) is 2. The number of nitrogens with one attached hydrogen (secondary N) is 2. The summed E-state index contributed by atoms with van der Waals surface area (Å²) in [6.45, 7) is 13.0. The van der Waals surface area contributed by atoms with Crippen LogP contribution in [0.15, 0.2) is 29.3 Å². The molecule has 0 aromatic heterocycles. The number of aryl methyl sites for hydroxylation is 1. The zero-order chi connectivity index (χ0) is 32.9. The van der Waals surface area contributed by atoms with Gasteiger partial charge in [-0.2, -0.15) is 0 Å². The molecule has 1 heterocycles.